The van der Waals surface area contributed by atoms with Crippen LogP contribution in [0.25, 0.3) is 0 Å². The molecular formula is C15H22N2O. The second kappa shape index (κ2) is 6.84. The number of carbonyl (C=O) groups excluding carboxylic acids is 1. The first kappa shape index (κ1) is 14.3. The van der Waals surface area contributed by atoms with Crippen LogP contribution in [0.5, 0.6) is 0 Å². The number of benzene rings is 1. The molecule has 0 saturated heterocycles. The highest BCUT2D eigenvalue weighted by atomic mass is 16.2. The minimum absolute atomic E-state index is 0.171. The van der Waals surface area contributed by atoms with E-state index in [4.69, 9.17) is 0 Å². The smallest absolute Gasteiger partial charge is 0.319 e. The summed E-state index contributed by atoms with van der Waals surface area (Å²) in [5, 5.41) is 5.55. The second-order valence-corrected chi connectivity index (χ2v) is 4.86. The maximum Gasteiger partial charge on any atom is 0.319 e. The molecule has 0 fully saturated rings. The summed E-state index contributed by atoms with van der Waals surface area (Å²) >= 11 is 0. The summed E-state index contributed by atoms with van der Waals surface area (Å²) in [6.07, 6.45) is 1.76. The number of aryl methyl sites for hydroxylation is 1. The van der Waals surface area contributed by atoms with Crippen LogP contribution in [0.1, 0.15) is 31.9 Å². The van der Waals surface area contributed by atoms with Crippen LogP contribution in [-0.4, -0.2) is 6.03 Å². The van der Waals surface area contributed by atoms with Crippen molar-refractivity contribution in [1.29, 1.82) is 0 Å². The number of urea groups is 1. The van der Waals surface area contributed by atoms with Crippen molar-refractivity contribution < 1.29 is 4.79 Å². The molecule has 0 atom stereocenters. The molecule has 1 aromatic rings. The summed E-state index contributed by atoms with van der Waals surface area (Å²) in [6.45, 7) is 8.78. The molecule has 0 aromatic heterocycles. The average Bonchev–Trinajstić information content (AvgIpc) is 2.35. The van der Waals surface area contributed by atoms with Crippen molar-refractivity contribution in [1.82, 2.24) is 10.6 Å². The highest BCUT2D eigenvalue weighted by Crippen LogP contribution is 2.05. The van der Waals surface area contributed by atoms with E-state index >= 15 is 0 Å². The summed E-state index contributed by atoms with van der Waals surface area (Å²) in [5.41, 5.74) is 3.47. The Balaban J connectivity index is 2.38. The van der Waals surface area contributed by atoms with Gasteiger partial charge in [0.2, 0.25) is 0 Å². The van der Waals surface area contributed by atoms with Crippen LogP contribution in [0.3, 0.4) is 0 Å². The van der Waals surface area contributed by atoms with E-state index in [9.17, 15) is 4.79 Å². The first-order valence-electron chi connectivity index (χ1n) is 6.25. The van der Waals surface area contributed by atoms with Gasteiger partial charge in [-0.05, 0) is 25.3 Å². The monoisotopic (exact) mass is 246 g/mol. The van der Waals surface area contributed by atoms with Crippen molar-refractivity contribution >= 4 is 6.03 Å². The van der Waals surface area contributed by atoms with Gasteiger partial charge in [0, 0.05) is 12.7 Å². The minimum atomic E-state index is -0.171. The molecule has 0 unspecified atom stereocenters. The molecule has 2 N–H and O–H groups in total. The predicted molar refractivity (Wildman–Crippen MR) is 75.1 cm³/mol. The minimum Gasteiger partial charge on any atom is -0.334 e. The molecule has 98 valence electrons. The van der Waals surface area contributed by atoms with Crippen LogP contribution in [0, 0.1) is 12.8 Å². The van der Waals surface area contributed by atoms with Gasteiger partial charge in [0.05, 0.1) is 0 Å². The van der Waals surface area contributed by atoms with E-state index < -0.39 is 0 Å². The van der Waals surface area contributed by atoms with Crippen LogP contribution < -0.4 is 10.6 Å². The van der Waals surface area contributed by atoms with E-state index in [0.717, 1.165) is 11.1 Å². The molecule has 0 aliphatic rings. The largest absolute Gasteiger partial charge is 0.334 e. The third-order valence-electron chi connectivity index (χ3n) is 2.92. The first-order chi connectivity index (χ1) is 8.49. The molecule has 0 heterocycles. The van der Waals surface area contributed by atoms with Crippen LogP contribution in [0.2, 0.25) is 0 Å². The van der Waals surface area contributed by atoms with Crippen molar-refractivity contribution in [2.75, 3.05) is 0 Å². The first-order valence-corrected chi connectivity index (χ1v) is 6.25. The number of nitrogens with one attached hydrogen (secondary N) is 2. The molecule has 0 saturated carbocycles. The molecule has 0 radical (unpaired) electrons. The van der Waals surface area contributed by atoms with Crippen molar-refractivity contribution in [2.45, 2.75) is 34.2 Å². The molecule has 3 heteroatoms. The second-order valence-electron chi connectivity index (χ2n) is 4.86. The lowest BCUT2D eigenvalue weighted by atomic mass is 10.1. The third-order valence-corrected chi connectivity index (χ3v) is 2.92. The Bertz CT molecular complexity index is 419. The van der Waals surface area contributed by atoms with Crippen molar-refractivity contribution in [3.8, 4) is 0 Å². The Kier molecular flexibility index (Phi) is 5.43. The van der Waals surface area contributed by atoms with Gasteiger partial charge in [-0.25, -0.2) is 4.79 Å². The average molecular weight is 246 g/mol. The molecule has 0 aliphatic heterocycles. The summed E-state index contributed by atoms with van der Waals surface area (Å²) in [6, 6.07) is 7.95. The molecule has 18 heavy (non-hydrogen) atoms. The van der Waals surface area contributed by atoms with E-state index in [-0.39, 0.29) is 6.03 Å². The van der Waals surface area contributed by atoms with Crippen molar-refractivity contribution in [3.63, 3.8) is 0 Å². The van der Waals surface area contributed by atoms with E-state index in [1.165, 1.54) is 5.56 Å². The summed E-state index contributed by atoms with van der Waals surface area (Å²) in [5.74, 6) is 0.447. The summed E-state index contributed by atoms with van der Waals surface area (Å²) in [4.78, 5) is 11.5. The van der Waals surface area contributed by atoms with E-state index in [2.05, 4.69) is 24.5 Å². The number of carbonyl (C=O) groups is 1. The number of rotatable bonds is 4. The fourth-order valence-electron chi connectivity index (χ4n) is 1.29. The quantitative estimate of drug-likeness (QED) is 0.840. The van der Waals surface area contributed by atoms with Gasteiger partial charge in [-0.1, -0.05) is 49.2 Å². The Morgan fingerprint density at radius 1 is 1.28 bits per heavy atom. The number of amides is 2. The Labute approximate surface area is 109 Å². The number of hydrogen-bond donors (Lipinski definition) is 2. The van der Waals surface area contributed by atoms with Crippen LogP contribution >= 0.6 is 0 Å². The van der Waals surface area contributed by atoms with Gasteiger partial charge >= 0.3 is 6.03 Å². The SMILES string of the molecule is C/C(=C\NC(=O)NCc1ccc(C)cc1)C(C)C. The van der Waals surface area contributed by atoms with Gasteiger partial charge in [-0.3, -0.25) is 0 Å². The normalized spacial score (nSPS) is 11.5. The van der Waals surface area contributed by atoms with Crippen LogP contribution in [0.4, 0.5) is 4.79 Å². The Hall–Kier alpha value is -1.77. The van der Waals surface area contributed by atoms with E-state index in [1.54, 1.807) is 6.20 Å². The maximum atomic E-state index is 11.5. The fourth-order valence-corrected chi connectivity index (χ4v) is 1.29. The van der Waals surface area contributed by atoms with Gasteiger partial charge in [0.15, 0.2) is 0 Å². The van der Waals surface area contributed by atoms with E-state index in [1.807, 2.05) is 38.1 Å². The molecule has 1 aromatic carbocycles. The van der Waals surface area contributed by atoms with E-state index in [0.29, 0.717) is 12.5 Å². The highest BCUT2D eigenvalue weighted by Gasteiger charge is 2.00. The lowest BCUT2D eigenvalue weighted by Crippen LogP contribution is -2.32. The Morgan fingerprint density at radius 3 is 2.44 bits per heavy atom. The molecule has 0 aliphatic carbocycles. The standard InChI is InChI=1S/C15H22N2O/c1-11(2)13(4)9-16-15(18)17-10-14-7-5-12(3)6-8-14/h5-9,11H,10H2,1-4H3,(H2,16,17,18)/b13-9+. The van der Waals surface area contributed by atoms with Crippen molar-refractivity contribution in [2.24, 2.45) is 5.92 Å². The maximum absolute atomic E-state index is 11.5. The van der Waals surface area contributed by atoms with Crippen LogP contribution in [0.15, 0.2) is 36.0 Å². The highest BCUT2D eigenvalue weighted by molar-refractivity contribution is 5.74. The molecule has 0 spiro atoms. The van der Waals surface area contributed by atoms with Gasteiger partial charge in [-0.2, -0.15) is 0 Å². The van der Waals surface area contributed by atoms with Gasteiger partial charge in [-0.15, -0.1) is 0 Å². The summed E-state index contributed by atoms with van der Waals surface area (Å²) in [7, 11) is 0. The van der Waals surface area contributed by atoms with Gasteiger partial charge < -0.3 is 10.6 Å². The van der Waals surface area contributed by atoms with Gasteiger partial charge in [0.25, 0.3) is 0 Å². The molecule has 2 amide bonds. The lowest BCUT2D eigenvalue weighted by Gasteiger charge is -2.08. The zero-order valence-electron chi connectivity index (χ0n) is 11.6. The topological polar surface area (TPSA) is 41.1 Å². The number of hydrogen-bond acceptors (Lipinski definition) is 1. The summed E-state index contributed by atoms with van der Waals surface area (Å²) < 4.78 is 0. The predicted octanol–water partition coefficient (Wildman–Crippen LogP) is 3.35. The molecule has 0 bridgehead atoms. The molecule has 3 nitrogen and oxygen atoms in total. The molecule has 1 rings (SSSR count). The van der Waals surface area contributed by atoms with Gasteiger partial charge in [0.1, 0.15) is 0 Å². The zero-order chi connectivity index (χ0) is 13.5. The molecular weight excluding hydrogens is 224 g/mol. The fraction of sp³-hybridized carbons (Fsp3) is 0.400. The Morgan fingerprint density at radius 2 is 1.89 bits per heavy atom. The zero-order valence-corrected chi connectivity index (χ0v) is 11.6. The number of allylic oxidation sites excluding steroid dienone is 1. The lowest BCUT2D eigenvalue weighted by molar-refractivity contribution is 0.243. The van der Waals surface area contributed by atoms with Crippen molar-refractivity contribution in [3.05, 3.63) is 47.2 Å². The third kappa shape index (κ3) is 5.04. The van der Waals surface area contributed by atoms with Crippen LogP contribution in [-0.2, 0) is 6.54 Å².